The third kappa shape index (κ3) is 5.62. The molecule has 2 unspecified atom stereocenters. The van der Waals surface area contributed by atoms with Crippen molar-refractivity contribution in [3.05, 3.63) is 47.1 Å². The van der Waals surface area contributed by atoms with Crippen LogP contribution in [0.1, 0.15) is 69.9 Å². The van der Waals surface area contributed by atoms with Crippen molar-refractivity contribution in [2.45, 2.75) is 65.2 Å². The molecule has 2 N–H and O–H groups in total. The van der Waals surface area contributed by atoms with Gasteiger partial charge in [0.05, 0.1) is 0 Å². The molecular weight excluding hydrogens is 338 g/mol. The van der Waals surface area contributed by atoms with Crippen LogP contribution >= 0.6 is 0 Å². The van der Waals surface area contributed by atoms with Crippen LogP contribution < -0.4 is 10.1 Å². The number of ether oxygens (including phenoxy) is 1. The molecule has 2 rings (SSSR count). The average Bonchev–Trinajstić information content (AvgIpc) is 2.61. The van der Waals surface area contributed by atoms with Crippen LogP contribution in [-0.2, 0) is 11.2 Å². The molecule has 0 saturated carbocycles. The van der Waals surface area contributed by atoms with E-state index < -0.39 is 0 Å². The predicted molar refractivity (Wildman–Crippen MR) is 110 cm³/mol. The van der Waals surface area contributed by atoms with Crippen molar-refractivity contribution >= 4 is 6.41 Å². The van der Waals surface area contributed by atoms with Gasteiger partial charge in [0.25, 0.3) is 0 Å². The molecule has 0 aliphatic heterocycles. The predicted octanol–water partition coefficient (Wildman–Crippen LogP) is 5.22. The molecule has 1 aliphatic rings. The number of allylic oxidation sites excluding steroid dienone is 3. The number of carbonyl (C=O) groups is 1. The van der Waals surface area contributed by atoms with Crippen molar-refractivity contribution < 1.29 is 14.6 Å². The zero-order valence-corrected chi connectivity index (χ0v) is 16.9. The molecule has 0 heterocycles. The van der Waals surface area contributed by atoms with E-state index in [2.05, 4.69) is 38.7 Å². The second kappa shape index (κ2) is 10.2. The van der Waals surface area contributed by atoms with Crippen LogP contribution in [0.4, 0.5) is 0 Å². The minimum Gasteiger partial charge on any atom is -0.507 e. The number of phenolic OH excluding ortho intramolecular Hbond substituents is 1. The average molecular weight is 372 g/mol. The zero-order chi connectivity index (χ0) is 19.8. The Balaban J connectivity index is 2.43. The molecule has 0 fully saturated rings. The molecule has 0 saturated heterocycles. The summed E-state index contributed by atoms with van der Waals surface area (Å²) in [4.78, 5) is 10.6. The van der Waals surface area contributed by atoms with Crippen molar-refractivity contribution in [2.75, 3.05) is 6.73 Å². The molecular formula is C23H33NO3. The maximum atomic E-state index is 10.9. The van der Waals surface area contributed by atoms with Gasteiger partial charge in [0, 0.05) is 11.5 Å². The monoisotopic (exact) mass is 371 g/mol. The zero-order valence-electron chi connectivity index (χ0n) is 16.9. The summed E-state index contributed by atoms with van der Waals surface area (Å²) in [7, 11) is 0. The lowest BCUT2D eigenvalue weighted by molar-refractivity contribution is -0.110. The number of amides is 1. The summed E-state index contributed by atoms with van der Waals surface area (Å²) in [6, 6.07) is 3.89. The molecule has 1 aromatic carbocycles. The van der Waals surface area contributed by atoms with Gasteiger partial charge in [-0.25, -0.2) is 0 Å². The summed E-state index contributed by atoms with van der Waals surface area (Å²) in [5, 5.41) is 13.4. The van der Waals surface area contributed by atoms with Gasteiger partial charge >= 0.3 is 0 Å². The number of aromatic hydroxyl groups is 1. The summed E-state index contributed by atoms with van der Waals surface area (Å²) in [5.74, 6) is 1.23. The molecule has 1 aliphatic carbocycles. The van der Waals surface area contributed by atoms with Crippen LogP contribution in [0.25, 0.3) is 0 Å². The third-order valence-corrected chi connectivity index (χ3v) is 5.36. The molecule has 0 spiro atoms. The number of hydrogen-bond donors (Lipinski definition) is 2. The van der Waals surface area contributed by atoms with Crippen LogP contribution in [0.2, 0.25) is 0 Å². The minimum atomic E-state index is 0.0344. The van der Waals surface area contributed by atoms with Crippen molar-refractivity contribution in [3.8, 4) is 11.5 Å². The van der Waals surface area contributed by atoms with Gasteiger partial charge in [0.15, 0.2) is 6.73 Å². The Morgan fingerprint density at radius 2 is 2.19 bits per heavy atom. The molecule has 1 amide bonds. The van der Waals surface area contributed by atoms with Crippen molar-refractivity contribution in [3.63, 3.8) is 0 Å². The van der Waals surface area contributed by atoms with E-state index in [4.69, 9.17) is 4.74 Å². The first kappa shape index (κ1) is 21.1. The Bertz CT molecular complexity index is 693. The van der Waals surface area contributed by atoms with Crippen molar-refractivity contribution in [1.29, 1.82) is 0 Å². The highest BCUT2D eigenvalue weighted by Gasteiger charge is 2.30. The Morgan fingerprint density at radius 1 is 1.41 bits per heavy atom. The summed E-state index contributed by atoms with van der Waals surface area (Å²) in [5.41, 5.74) is 4.30. The third-order valence-electron chi connectivity index (χ3n) is 5.36. The van der Waals surface area contributed by atoms with Gasteiger partial charge < -0.3 is 15.2 Å². The Hall–Kier alpha value is -2.23. The summed E-state index contributed by atoms with van der Waals surface area (Å²) in [6.07, 6.45) is 9.22. The highest BCUT2D eigenvalue weighted by molar-refractivity contribution is 5.53. The number of hydrogen-bond acceptors (Lipinski definition) is 3. The Kier molecular flexibility index (Phi) is 7.96. The highest BCUT2D eigenvalue weighted by Crippen LogP contribution is 2.46. The normalized spacial score (nSPS) is 19.3. The molecule has 148 valence electrons. The summed E-state index contributed by atoms with van der Waals surface area (Å²) in [6.45, 7) is 10.6. The van der Waals surface area contributed by atoms with Crippen LogP contribution in [0, 0.1) is 5.92 Å². The van der Waals surface area contributed by atoms with E-state index in [-0.39, 0.29) is 24.3 Å². The molecule has 27 heavy (non-hydrogen) atoms. The fourth-order valence-corrected chi connectivity index (χ4v) is 3.90. The summed E-state index contributed by atoms with van der Waals surface area (Å²) < 4.78 is 5.86. The van der Waals surface area contributed by atoms with E-state index in [0.29, 0.717) is 12.2 Å². The molecule has 0 radical (unpaired) electrons. The minimum absolute atomic E-state index is 0.0344. The molecule has 4 heteroatoms. The number of benzene rings is 1. The van der Waals surface area contributed by atoms with Crippen LogP contribution in [0.15, 0.2) is 35.9 Å². The van der Waals surface area contributed by atoms with E-state index in [1.807, 2.05) is 12.1 Å². The standard InChI is InChI=1S/C23H33NO3/c1-5-6-7-8-18-12-21(26)23(22(13-18)27-15-24-14-25)20-11-17(4)9-10-19(20)16(2)3/h11-14,19-20,26H,2,5-10,15H2,1,3-4H3,(H,24,25). The Labute approximate surface area is 163 Å². The Morgan fingerprint density at radius 3 is 2.85 bits per heavy atom. The number of unbranched alkanes of at least 4 members (excludes halogenated alkanes) is 2. The SMILES string of the molecule is C=C(C)C1CCC(C)=CC1c1c(O)cc(CCCCC)cc1OCNC=O. The molecule has 2 atom stereocenters. The van der Waals surface area contributed by atoms with Crippen LogP contribution in [0.3, 0.4) is 0 Å². The van der Waals surface area contributed by atoms with E-state index >= 15 is 0 Å². The van der Waals surface area contributed by atoms with Gasteiger partial charge in [-0.2, -0.15) is 0 Å². The smallest absolute Gasteiger partial charge is 0.209 e. The summed E-state index contributed by atoms with van der Waals surface area (Å²) >= 11 is 0. The second-order valence-corrected chi connectivity index (χ2v) is 7.62. The maximum Gasteiger partial charge on any atom is 0.209 e. The maximum absolute atomic E-state index is 10.9. The lowest BCUT2D eigenvalue weighted by Gasteiger charge is -2.32. The lowest BCUT2D eigenvalue weighted by Crippen LogP contribution is -2.21. The van der Waals surface area contributed by atoms with Gasteiger partial charge in [-0.1, -0.05) is 43.6 Å². The van der Waals surface area contributed by atoms with E-state index in [1.165, 1.54) is 5.57 Å². The van der Waals surface area contributed by atoms with Gasteiger partial charge in [0.1, 0.15) is 11.5 Å². The van der Waals surface area contributed by atoms with Gasteiger partial charge in [-0.15, -0.1) is 0 Å². The first-order valence-electron chi connectivity index (χ1n) is 9.96. The van der Waals surface area contributed by atoms with Gasteiger partial charge in [-0.05, 0) is 63.1 Å². The quantitative estimate of drug-likeness (QED) is 0.256. The molecule has 4 nitrogen and oxygen atoms in total. The first-order chi connectivity index (χ1) is 13.0. The van der Waals surface area contributed by atoms with E-state index in [9.17, 15) is 9.90 Å². The van der Waals surface area contributed by atoms with Crippen LogP contribution in [-0.4, -0.2) is 18.2 Å². The largest absolute Gasteiger partial charge is 0.507 e. The fourth-order valence-electron chi connectivity index (χ4n) is 3.90. The van der Waals surface area contributed by atoms with Crippen LogP contribution in [0.5, 0.6) is 11.5 Å². The number of rotatable bonds is 10. The molecule has 1 aromatic rings. The molecule has 0 aromatic heterocycles. The number of carbonyl (C=O) groups excluding carboxylic acids is 1. The second-order valence-electron chi connectivity index (χ2n) is 7.62. The van der Waals surface area contributed by atoms with E-state index in [1.54, 1.807) is 0 Å². The van der Waals surface area contributed by atoms with Gasteiger partial charge in [-0.3, -0.25) is 4.79 Å². The topological polar surface area (TPSA) is 58.6 Å². The van der Waals surface area contributed by atoms with Crippen molar-refractivity contribution in [2.24, 2.45) is 5.92 Å². The molecule has 0 bridgehead atoms. The fraction of sp³-hybridized carbons (Fsp3) is 0.522. The number of aryl methyl sites for hydroxylation is 1. The van der Waals surface area contributed by atoms with Crippen molar-refractivity contribution in [1.82, 2.24) is 5.32 Å². The number of nitrogens with one attached hydrogen (secondary N) is 1. The first-order valence-corrected chi connectivity index (χ1v) is 9.96. The lowest BCUT2D eigenvalue weighted by atomic mass is 9.73. The van der Waals surface area contributed by atoms with Gasteiger partial charge in [0.2, 0.25) is 6.41 Å². The highest BCUT2D eigenvalue weighted by atomic mass is 16.5. The number of phenols is 1. The van der Waals surface area contributed by atoms with E-state index in [0.717, 1.165) is 55.2 Å².